The smallest absolute Gasteiger partial charge is 0.257 e. The lowest BCUT2D eigenvalue weighted by molar-refractivity contribution is 0.102. The van der Waals surface area contributed by atoms with E-state index in [1.54, 1.807) is 18.5 Å². The quantitative estimate of drug-likeness (QED) is 0.888. The van der Waals surface area contributed by atoms with Crippen molar-refractivity contribution in [1.82, 2.24) is 9.97 Å². The Balaban J connectivity index is 2.22. The molecule has 0 aromatic carbocycles. The highest BCUT2D eigenvalue weighted by molar-refractivity contribution is 9.10. The molecule has 0 saturated carbocycles. The number of nitrogens with one attached hydrogen (secondary N) is 1. The van der Waals surface area contributed by atoms with Crippen LogP contribution >= 0.6 is 27.5 Å². The second kappa shape index (κ2) is 5.32. The molecule has 2 heterocycles. The fraction of sp³-hybridized carbons (Fsp3) is 0. The van der Waals surface area contributed by atoms with Crippen molar-refractivity contribution < 1.29 is 4.79 Å². The zero-order chi connectivity index (χ0) is 13.1. The van der Waals surface area contributed by atoms with Crippen molar-refractivity contribution in [1.29, 1.82) is 0 Å². The van der Waals surface area contributed by atoms with Crippen molar-refractivity contribution in [3.63, 3.8) is 0 Å². The molecule has 1 amide bonds. The van der Waals surface area contributed by atoms with E-state index in [0.717, 1.165) is 0 Å². The maximum atomic E-state index is 11.9. The number of nitrogens with two attached hydrogens (primary N) is 1. The number of hydrogen-bond acceptors (Lipinski definition) is 4. The zero-order valence-electron chi connectivity index (χ0n) is 9.02. The van der Waals surface area contributed by atoms with E-state index in [2.05, 4.69) is 31.2 Å². The Kier molecular flexibility index (Phi) is 3.78. The molecule has 0 aliphatic carbocycles. The molecule has 0 bridgehead atoms. The highest BCUT2D eigenvalue weighted by atomic mass is 79.9. The Morgan fingerprint density at radius 1 is 1.44 bits per heavy atom. The lowest BCUT2D eigenvalue weighted by Crippen LogP contribution is -2.13. The van der Waals surface area contributed by atoms with Crippen LogP contribution < -0.4 is 11.1 Å². The molecule has 3 N–H and O–H groups in total. The van der Waals surface area contributed by atoms with Gasteiger partial charge in [0.25, 0.3) is 5.91 Å². The Bertz CT molecular complexity index is 605. The van der Waals surface area contributed by atoms with Crippen LogP contribution in [-0.4, -0.2) is 15.9 Å². The maximum absolute atomic E-state index is 11.9. The summed E-state index contributed by atoms with van der Waals surface area (Å²) in [5.41, 5.74) is 6.42. The van der Waals surface area contributed by atoms with Crippen LogP contribution in [0.4, 0.5) is 11.5 Å². The number of carbonyl (C=O) groups is 1. The van der Waals surface area contributed by atoms with Crippen LogP contribution in [0.5, 0.6) is 0 Å². The van der Waals surface area contributed by atoms with E-state index in [1.807, 2.05) is 0 Å². The monoisotopic (exact) mass is 326 g/mol. The van der Waals surface area contributed by atoms with Gasteiger partial charge in [0.1, 0.15) is 5.82 Å². The highest BCUT2D eigenvalue weighted by Gasteiger charge is 2.10. The Hall–Kier alpha value is -1.66. The summed E-state index contributed by atoms with van der Waals surface area (Å²) < 4.78 is 0.688. The minimum atomic E-state index is -0.323. The summed E-state index contributed by atoms with van der Waals surface area (Å²) in [5, 5.41) is 2.95. The summed E-state index contributed by atoms with van der Waals surface area (Å²) in [6.45, 7) is 0. The third-order valence-electron chi connectivity index (χ3n) is 2.15. The van der Waals surface area contributed by atoms with Crippen LogP contribution in [-0.2, 0) is 0 Å². The number of rotatable bonds is 2. The summed E-state index contributed by atoms with van der Waals surface area (Å²) in [5.74, 6) is -0.130. The van der Waals surface area contributed by atoms with E-state index in [4.69, 9.17) is 17.3 Å². The molecular formula is C11H8BrClN4O. The minimum Gasteiger partial charge on any atom is -0.382 e. The minimum absolute atomic E-state index is 0.193. The molecular weight excluding hydrogens is 320 g/mol. The fourth-order valence-corrected chi connectivity index (χ4v) is 1.76. The van der Waals surface area contributed by atoms with Crippen molar-refractivity contribution in [2.45, 2.75) is 0 Å². The lowest BCUT2D eigenvalue weighted by atomic mass is 10.2. The predicted octanol–water partition coefficient (Wildman–Crippen LogP) is 2.73. The number of amides is 1. The fourth-order valence-electron chi connectivity index (χ4n) is 1.24. The van der Waals surface area contributed by atoms with Gasteiger partial charge in [0, 0.05) is 18.6 Å². The summed E-state index contributed by atoms with van der Waals surface area (Å²) in [6, 6.07) is 3.14. The van der Waals surface area contributed by atoms with E-state index in [1.165, 1.54) is 12.3 Å². The van der Waals surface area contributed by atoms with Crippen molar-refractivity contribution in [3.8, 4) is 0 Å². The van der Waals surface area contributed by atoms with E-state index < -0.39 is 0 Å². The number of carbonyl (C=O) groups excluding carboxylic acids is 1. The molecule has 2 aromatic heterocycles. The molecule has 0 unspecified atom stereocenters. The molecule has 0 aliphatic rings. The van der Waals surface area contributed by atoms with Gasteiger partial charge in [-0.15, -0.1) is 0 Å². The average molecular weight is 328 g/mol. The third-order valence-corrected chi connectivity index (χ3v) is 3.09. The summed E-state index contributed by atoms with van der Waals surface area (Å²) in [7, 11) is 0. The Labute approximate surface area is 117 Å². The number of nitrogen functional groups attached to an aromatic ring is 1. The molecule has 92 valence electrons. The molecule has 0 fully saturated rings. The van der Waals surface area contributed by atoms with Gasteiger partial charge in [-0.3, -0.25) is 9.78 Å². The van der Waals surface area contributed by atoms with Crippen LogP contribution in [0.15, 0.2) is 35.2 Å². The first kappa shape index (κ1) is 12.8. The van der Waals surface area contributed by atoms with E-state index in [0.29, 0.717) is 15.7 Å². The Morgan fingerprint density at radius 3 is 2.89 bits per heavy atom. The molecule has 5 nitrogen and oxygen atoms in total. The van der Waals surface area contributed by atoms with Crippen LogP contribution in [0.2, 0.25) is 5.02 Å². The molecule has 0 atom stereocenters. The molecule has 0 radical (unpaired) electrons. The van der Waals surface area contributed by atoms with Gasteiger partial charge in [0.15, 0.2) is 0 Å². The number of aromatic nitrogens is 2. The van der Waals surface area contributed by atoms with Crippen molar-refractivity contribution in [2.75, 3.05) is 11.1 Å². The third kappa shape index (κ3) is 2.77. The largest absolute Gasteiger partial charge is 0.382 e. The SMILES string of the molecule is Nc1ncc(C(=O)Nc2ccncc2Br)cc1Cl. The molecule has 7 heteroatoms. The van der Waals surface area contributed by atoms with Crippen LogP contribution in [0.25, 0.3) is 0 Å². The van der Waals surface area contributed by atoms with E-state index in [-0.39, 0.29) is 16.7 Å². The van der Waals surface area contributed by atoms with Gasteiger partial charge in [-0.25, -0.2) is 4.98 Å². The normalized spacial score (nSPS) is 10.1. The molecule has 0 saturated heterocycles. The molecule has 18 heavy (non-hydrogen) atoms. The zero-order valence-corrected chi connectivity index (χ0v) is 11.4. The standard InChI is InChI=1S/C11H8BrClN4O/c12-7-5-15-2-1-9(7)17-11(18)6-3-8(13)10(14)16-4-6/h1-5H,(H2,14,16)(H,15,17,18). The van der Waals surface area contributed by atoms with Crippen molar-refractivity contribution >= 4 is 44.9 Å². The number of pyridine rings is 2. The van der Waals surface area contributed by atoms with Gasteiger partial charge in [0.2, 0.25) is 0 Å². The summed E-state index contributed by atoms with van der Waals surface area (Å²) in [4.78, 5) is 19.7. The summed E-state index contributed by atoms with van der Waals surface area (Å²) >= 11 is 9.09. The molecule has 0 spiro atoms. The van der Waals surface area contributed by atoms with Crippen LogP contribution in [0.3, 0.4) is 0 Å². The van der Waals surface area contributed by atoms with Gasteiger partial charge in [-0.2, -0.15) is 0 Å². The number of nitrogens with zero attached hydrogens (tertiary/aromatic N) is 2. The lowest BCUT2D eigenvalue weighted by Gasteiger charge is -2.07. The van der Waals surface area contributed by atoms with Gasteiger partial charge in [-0.1, -0.05) is 11.6 Å². The van der Waals surface area contributed by atoms with Gasteiger partial charge >= 0.3 is 0 Å². The second-order valence-corrected chi connectivity index (χ2v) is 4.66. The van der Waals surface area contributed by atoms with Crippen LogP contribution in [0.1, 0.15) is 10.4 Å². The predicted molar refractivity (Wildman–Crippen MR) is 73.5 cm³/mol. The van der Waals surface area contributed by atoms with Crippen LogP contribution in [0, 0.1) is 0 Å². The topological polar surface area (TPSA) is 80.9 Å². The summed E-state index contributed by atoms with van der Waals surface area (Å²) in [6.07, 6.45) is 4.53. The molecule has 2 rings (SSSR count). The molecule has 2 aromatic rings. The van der Waals surface area contributed by atoms with Crippen molar-refractivity contribution in [2.24, 2.45) is 0 Å². The first-order valence-corrected chi connectivity index (χ1v) is 6.07. The second-order valence-electron chi connectivity index (χ2n) is 3.40. The van der Waals surface area contributed by atoms with Crippen molar-refractivity contribution in [3.05, 3.63) is 45.8 Å². The van der Waals surface area contributed by atoms with Gasteiger partial charge < -0.3 is 11.1 Å². The van der Waals surface area contributed by atoms with E-state index >= 15 is 0 Å². The number of hydrogen-bond donors (Lipinski definition) is 2. The highest BCUT2D eigenvalue weighted by Crippen LogP contribution is 2.22. The first-order valence-electron chi connectivity index (χ1n) is 4.90. The first-order chi connectivity index (χ1) is 8.58. The molecule has 0 aliphatic heterocycles. The van der Waals surface area contributed by atoms with Gasteiger partial charge in [-0.05, 0) is 28.1 Å². The van der Waals surface area contributed by atoms with E-state index in [9.17, 15) is 4.79 Å². The Morgan fingerprint density at radius 2 is 2.22 bits per heavy atom. The van der Waals surface area contributed by atoms with Gasteiger partial charge in [0.05, 0.1) is 20.7 Å². The maximum Gasteiger partial charge on any atom is 0.257 e. The number of anilines is 2. The number of halogens is 2. The average Bonchev–Trinajstić information content (AvgIpc) is 2.35.